The molecule has 1 heterocycles. The van der Waals surface area contributed by atoms with E-state index in [-0.39, 0.29) is 22.1 Å². The lowest BCUT2D eigenvalue weighted by Crippen LogP contribution is -2.26. The first-order valence-corrected chi connectivity index (χ1v) is 7.06. The lowest BCUT2D eigenvalue weighted by Gasteiger charge is -2.18. The van der Waals surface area contributed by atoms with Crippen LogP contribution in [0.5, 0.6) is 0 Å². The first-order valence-electron chi connectivity index (χ1n) is 5.51. The second-order valence-corrected chi connectivity index (χ2v) is 5.74. The van der Waals surface area contributed by atoms with Crippen LogP contribution in [0.1, 0.15) is 23.2 Å². The van der Waals surface area contributed by atoms with Crippen molar-refractivity contribution >= 4 is 27.6 Å². The zero-order valence-corrected chi connectivity index (χ0v) is 10.7. The fourth-order valence-electron chi connectivity index (χ4n) is 2.00. The standard InChI is InChI=1S/C11H12N2O5S/c12-19(17,18)7-3-4-9(8(6-7)11(15)16)13-5-1-2-10(13)14/h3-4,6H,1-2,5H2,(H,15,16)(H2,12,17,18). The topological polar surface area (TPSA) is 118 Å². The minimum absolute atomic E-state index is 0.175. The summed E-state index contributed by atoms with van der Waals surface area (Å²) in [6, 6.07) is 3.47. The molecule has 0 aromatic heterocycles. The van der Waals surface area contributed by atoms with Gasteiger partial charge in [0.1, 0.15) is 0 Å². The van der Waals surface area contributed by atoms with Gasteiger partial charge in [0.15, 0.2) is 0 Å². The number of carboxylic acid groups (broad SMARTS) is 1. The van der Waals surface area contributed by atoms with Gasteiger partial charge in [0, 0.05) is 13.0 Å². The van der Waals surface area contributed by atoms with Crippen molar-refractivity contribution in [3.05, 3.63) is 23.8 Å². The number of primary sulfonamides is 1. The summed E-state index contributed by atoms with van der Waals surface area (Å²) in [5.74, 6) is -1.48. The molecule has 7 nitrogen and oxygen atoms in total. The van der Waals surface area contributed by atoms with Gasteiger partial charge in [-0.2, -0.15) is 0 Å². The number of nitrogens with zero attached hydrogens (tertiary/aromatic N) is 1. The molecule has 1 aromatic carbocycles. The fraction of sp³-hybridized carbons (Fsp3) is 0.273. The summed E-state index contributed by atoms with van der Waals surface area (Å²) >= 11 is 0. The molecule has 3 N–H and O–H groups in total. The van der Waals surface area contributed by atoms with Gasteiger partial charge in [-0.25, -0.2) is 18.4 Å². The number of anilines is 1. The van der Waals surface area contributed by atoms with Crippen LogP contribution in [0.25, 0.3) is 0 Å². The van der Waals surface area contributed by atoms with Crippen molar-refractivity contribution in [3.8, 4) is 0 Å². The Balaban J connectivity index is 2.56. The Morgan fingerprint density at radius 2 is 2.05 bits per heavy atom. The van der Waals surface area contributed by atoms with Crippen LogP contribution in [-0.4, -0.2) is 31.9 Å². The van der Waals surface area contributed by atoms with Crippen molar-refractivity contribution in [2.24, 2.45) is 5.14 Å². The maximum Gasteiger partial charge on any atom is 0.337 e. The van der Waals surface area contributed by atoms with E-state index in [2.05, 4.69) is 0 Å². The van der Waals surface area contributed by atoms with Gasteiger partial charge in [0.25, 0.3) is 0 Å². The van der Waals surface area contributed by atoms with Crippen LogP contribution < -0.4 is 10.0 Å². The number of carbonyl (C=O) groups excluding carboxylic acids is 1. The molecule has 1 aromatic rings. The fourth-order valence-corrected chi connectivity index (χ4v) is 2.54. The number of hydrogen-bond donors (Lipinski definition) is 2. The molecule has 102 valence electrons. The summed E-state index contributed by atoms with van der Waals surface area (Å²) in [5.41, 5.74) is -0.0517. The molecular formula is C11H12N2O5S. The van der Waals surface area contributed by atoms with Crippen LogP contribution in [0.15, 0.2) is 23.1 Å². The normalized spacial score (nSPS) is 15.8. The first-order chi connectivity index (χ1) is 8.80. The number of nitrogens with two attached hydrogens (primary N) is 1. The minimum atomic E-state index is -3.98. The molecule has 0 aliphatic carbocycles. The number of benzene rings is 1. The van der Waals surface area contributed by atoms with E-state index in [1.54, 1.807) is 0 Å². The van der Waals surface area contributed by atoms with E-state index in [0.29, 0.717) is 19.4 Å². The first kappa shape index (κ1) is 13.5. The molecule has 1 amide bonds. The highest BCUT2D eigenvalue weighted by atomic mass is 32.2. The lowest BCUT2D eigenvalue weighted by atomic mass is 10.1. The summed E-state index contributed by atoms with van der Waals surface area (Å²) in [5, 5.41) is 14.1. The summed E-state index contributed by atoms with van der Waals surface area (Å²) in [4.78, 5) is 23.9. The zero-order valence-electron chi connectivity index (χ0n) is 9.87. The molecule has 1 aliphatic heterocycles. The van der Waals surface area contributed by atoms with Crippen LogP contribution in [0.2, 0.25) is 0 Å². The van der Waals surface area contributed by atoms with Crippen molar-refractivity contribution < 1.29 is 23.1 Å². The molecule has 0 saturated carbocycles. The van der Waals surface area contributed by atoms with E-state index in [9.17, 15) is 18.0 Å². The van der Waals surface area contributed by atoms with Gasteiger partial charge < -0.3 is 10.0 Å². The molecule has 1 fully saturated rings. The predicted octanol–water partition coefficient (Wildman–Crippen LogP) is 0.159. The maximum absolute atomic E-state index is 11.6. The van der Waals surface area contributed by atoms with Crippen molar-refractivity contribution in [2.45, 2.75) is 17.7 Å². The van der Waals surface area contributed by atoms with Crippen molar-refractivity contribution in [1.82, 2.24) is 0 Å². The Morgan fingerprint density at radius 3 is 2.53 bits per heavy atom. The number of hydrogen-bond acceptors (Lipinski definition) is 4. The molecule has 2 rings (SSSR count). The Kier molecular flexibility index (Phi) is 3.29. The Labute approximate surface area is 109 Å². The summed E-state index contributed by atoms with van der Waals surface area (Å²) in [6.07, 6.45) is 1.00. The molecule has 0 radical (unpaired) electrons. The van der Waals surface area contributed by atoms with E-state index in [1.807, 2.05) is 0 Å². The third-order valence-electron chi connectivity index (χ3n) is 2.89. The summed E-state index contributed by atoms with van der Waals surface area (Å²) in [6.45, 7) is 0.424. The van der Waals surface area contributed by atoms with Gasteiger partial charge in [-0.3, -0.25) is 4.79 Å². The van der Waals surface area contributed by atoms with Crippen LogP contribution in [0.3, 0.4) is 0 Å². The van der Waals surface area contributed by atoms with Crippen molar-refractivity contribution in [1.29, 1.82) is 0 Å². The molecule has 0 spiro atoms. The highest BCUT2D eigenvalue weighted by molar-refractivity contribution is 7.89. The monoisotopic (exact) mass is 284 g/mol. The van der Waals surface area contributed by atoms with Gasteiger partial charge >= 0.3 is 5.97 Å². The van der Waals surface area contributed by atoms with Gasteiger partial charge in [-0.15, -0.1) is 0 Å². The Morgan fingerprint density at radius 1 is 1.37 bits per heavy atom. The van der Waals surface area contributed by atoms with Crippen molar-refractivity contribution in [3.63, 3.8) is 0 Å². The molecule has 0 bridgehead atoms. The average Bonchev–Trinajstić information content (AvgIpc) is 2.73. The maximum atomic E-state index is 11.6. The number of carboxylic acids is 1. The SMILES string of the molecule is NS(=O)(=O)c1ccc(N2CCCC2=O)c(C(=O)O)c1. The predicted molar refractivity (Wildman–Crippen MR) is 66.4 cm³/mol. The van der Waals surface area contributed by atoms with Gasteiger partial charge in [-0.1, -0.05) is 0 Å². The Bertz CT molecular complexity index is 653. The number of rotatable bonds is 3. The highest BCUT2D eigenvalue weighted by Gasteiger charge is 2.26. The summed E-state index contributed by atoms with van der Waals surface area (Å²) in [7, 11) is -3.98. The zero-order chi connectivity index (χ0) is 14.2. The molecule has 0 atom stereocenters. The molecule has 0 unspecified atom stereocenters. The lowest BCUT2D eigenvalue weighted by molar-refractivity contribution is -0.117. The van der Waals surface area contributed by atoms with Crippen LogP contribution in [0, 0.1) is 0 Å². The highest BCUT2D eigenvalue weighted by Crippen LogP contribution is 2.27. The quantitative estimate of drug-likeness (QED) is 0.819. The van der Waals surface area contributed by atoms with Crippen molar-refractivity contribution in [2.75, 3.05) is 11.4 Å². The smallest absolute Gasteiger partial charge is 0.337 e. The number of sulfonamides is 1. The van der Waals surface area contributed by atoms with Crippen LogP contribution >= 0.6 is 0 Å². The van der Waals surface area contributed by atoms with E-state index in [4.69, 9.17) is 10.2 Å². The third kappa shape index (κ3) is 2.59. The molecular weight excluding hydrogens is 272 g/mol. The summed E-state index contributed by atoms with van der Waals surface area (Å²) < 4.78 is 22.4. The van der Waals surface area contributed by atoms with E-state index < -0.39 is 16.0 Å². The van der Waals surface area contributed by atoms with E-state index in [1.165, 1.54) is 17.0 Å². The van der Waals surface area contributed by atoms with Gasteiger partial charge in [0.2, 0.25) is 15.9 Å². The van der Waals surface area contributed by atoms with Gasteiger partial charge in [-0.05, 0) is 24.6 Å². The number of amides is 1. The molecule has 8 heteroatoms. The van der Waals surface area contributed by atoms with Gasteiger partial charge in [0.05, 0.1) is 16.1 Å². The van der Waals surface area contributed by atoms with Crippen LogP contribution in [0.4, 0.5) is 5.69 Å². The third-order valence-corrected chi connectivity index (χ3v) is 3.80. The average molecular weight is 284 g/mol. The second-order valence-electron chi connectivity index (χ2n) is 4.18. The largest absolute Gasteiger partial charge is 0.478 e. The van der Waals surface area contributed by atoms with Crippen LogP contribution in [-0.2, 0) is 14.8 Å². The molecule has 1 aliphatic rings. The Hall–Kier alpha value is -1.93. The second kappa shape index (κ2) is 4.63. The van der Waals surface area contributed by atoms with E-state index >= 15 is 0 Å². The molecule has 1 saturated heterocycles. The minimum Gasteiger partial charge on any atom is -0.478 e. The number of aromatic carboxylic acids is 1. The van der Waals surface area contributed by atoms with E-state index in [0.717, 1.165) is 6.07 Å². The number of carbonyl (C=O) groups is 2. The molecule has 19 heavy (non-hydrogen) atoms.